The average Bonchev–Trinajstić information content (AvgIpc) is 2.39. The molecular weight excluding hydrogens is 266 g/mol. The van der Waals surface area contributed by atoms with Crippen LogP contribution < -0.4 is 5.73 Å². The molecule has 106 valence electrons. The fraction of sp³-hybridized carbons (Fsp3) is 0.583. The van der Waals surface area contributed by atoms with Gasteiger partial charge in [0.1, 0.15) is 0 Å². The van der Waals surface area contributed by atoms with Crippen molar-refractivity contribution in [3.05, 3.63) is 18.3 Å². The minimum atomic E-state index is -3.66. The van der Waals surface area contributed by atoms with Crippen molar-refractivity contribution in [1.29, 1.82) is 0 Å². The third-order valence-corrected chi connectivity index (χ3v) is 5.32. The van der Waals surface area contributed by atoms with Crippen LogP contribution in [-0.2, 0) is 14.8 Å². The van der Waals surface area contributed by atoms with Gasteiger partial charge in [0.05, 0.1) is 11.3 Å². The van der Waals surface area contributed by atoms with Gasteiger partial charge in [0.2, 0.25) is 0 Å². The van der Waals surface area contributed by atoms with Crippen LogP contribution in [0.15, 0.2) is 23.4 Å². The van der Waals surface area contributed by atoms with Crippen LogP contribution in [-0.4, -0.2) is 43.5 Å². The van der Waals surface area contributed by atoms with E-state index in [2.05, 4.69) is 4.98 Å². The molecule has 1 saturated heterocycles. The molecule has 0 saturated carbocycles. The van der Waals surface area contributed by atoms with Crippen LogP contribution in [0.25, 0.3) is 0 Å². The lowest BCUT2D eigenvalue weighted by molar-refractivity contribution is -0.0319. The van der Waals surface area contributed by atoms with Crippen molar-refractivity contribution >= 4 is 15.7 Å². The maximum absolute atomic E-state index is 12.5. The lowest BCUT2D eigenvalue weighted by Gasteiger charge is -2.38. The molecule has 1 aliphatic heterocycles. The highest BCUT2D eigenvalue weighted by atomic mass is 32.2. The van der Waals surface area contributed by atoms with Gasteiger partial charge in [-0.1, -0.05) is 0 Å². The van der Waals surface area contributed by atoms with Gasteiger partial charge in [-0.15, -0.1) is 0 Å². The Labute approximate surface area is 113 Å². The third-order valence-electron chi connectivity index (χ3n) is 3.50. The van der Waals surface area contributed by atoms with Crippen molar-refractivity contribution in [2.24, 2.45) is 0 Å². The first-order valence-corrected chi connectivity index (χ1v) is 7.59. The molecule has 1 aliphatic rings. The molecule has 1 fully saturated rings. The molecule has 2 rings (SSSR count). The number of hydrogen-bond donors (Lipinski definition) is 1. The minimum Gasteiger partial charge on any atom is -0.396 e. The van der Waals surface area contributed by atoms with E-state index in [0.29, 0.717) is 13.1 Å². The average molecular weight is 285 g/mol. The molecule has 1 unspecified atom stereocenters. The van der Waals surface area contributed by atoms with Crippen LogP contribution in [0.2, 0.25) is 0 Å². The second-order valence-corrected chi connectivity index (χ2v) is 6.85. The fourth-order valence-corrected chi connectivity index (χ4v) is 3.89. The molecule has 1 aromatic rings. The summed E-state index contributed by atoms with van der Waals surface area (Å²) < 4.78 is 31.9. The SMILES string of the molecule is COC1(C)CCCN(S(=O)(=O)c2ncccc2N)C1. The summed E-state index contributed by atoms with van der Waals surface area (Å²) in [6.07, 6.45) is 3.03. The lowest BCUT2D eigenvalue weighted by Crippen LogP contribution is -2.49. The lowest BCUT2D eigenvalue weighted by atomic mass is 9.96. The zero-order valence-corrected chi connectivity index (χ0v) is 12.0. The summed E-state index contributed by atoms with van der Waals surface area (Å²) in [5, 5.41) is -0.0737. The first-order valence-electron chi connectivity index (χ1n) is 6.15. The third kappa shape index (κ3) is 2.72. The van der Waals surface area contributed by atoms with Gasteiger partial charge in [0, 0.05) is 26.4 Å². The van der Waals surface area contributed by atoms with E-state index in [-0.39, 0.29) is 10.7 Å². The van der Waals surface area contributed by atoms with Crippen molar-refractivity contribution in [2.45, 2.75) is 30.4 Å². The molecule has 0 aliphatic carbocycles. The molecule has 7 heteroatoms. The van der Waals surface area contributed by atoms with Gasteiger partial charge < -0.3 is 10.5 Å². The van der Waals surface area contributed by atoms with E-state index in [1.54, 1.807) is 19.2 Å². The van der Waals surface area contributed by atoms with Crippen LogP contribution in [0.1, 0.15) is 19.8 Å². The summed E-state index contributed by atoms with van der Waals surface area (Å²) in [5.41, 5.74) is 5.44. The molecule has 1 atom stereocenters. The van der Waals surface area contributed by atoms with E-state index < -0.39 is 15.6 Å². The largest absolute Gasteiger partial charge is 0.396 e. The minimum absolute atomic E-state index is 0.0737. The summed E-state index contributed by atoms with van der Waals surface area (Å²) in [6, 6.07) is 3.16. The number of pyridine rings is 1. The van der Waals surface area contributed by atoms with Gasteiger partial charge >= 0.3 is 0 Å². The molecule has 0 spiro atoms. The normalized spacial score (nSPS) is 25.4. The Bertz CT molecular complexity index is 561. The zero-order valence-electron chi connectivity index (χ0n) is 11.2. The molecule has 1 aromatic heterocycles. The number of hydrogen-bond acceptors (Lipinski definition) is 5. The topological polar surface area (TPSA) is 85.5 Å². The van der Waals surface area contributed by atoms with Gasteiger partial charge in [0.25, 0.3) is 10.0 Å². The van der Waals surface area contributed by atoms with Gasteiger partial charge in [-0.3, -0.25) is 0 Å². The monoisotopic (exact) mass is 285 g/mol. The van der Waals surface area contributed by atoms with Gasteiger partial charge in [-0.05, 0) is 31.9 Å². The fourth-order valence-electron chi connectivity index (χ4n) is 2.27. The number of sulfonamides is 1. The molecule has 2 N–H and O–H groups in total. The predicted molar refractivity (Wildman–Crippen MR) is 72.1 cm³/mol. The second-order valence-electron chi connectivity index (χ2n) is 4.99. The van der Waals surface area contributed by atoms with Gasteiger partial charge in [0.15, 0.2) is 5.03 Å². The maximum Gasteiger partial charge on any atom is 0.262 e. The number of methoxy groups -OCH3 is 1. The van der Waals surface area contributed by atoms with E-state index in [0.717, 1.165) is 12.8 Å². The summed E-state index contributed by atoms with van der Waals surface area (Å²) in [6.45, 7) is 2.70. The first kappa shape index (κ1) is 14.2. The van der Waals surface area contributed by atoms with Crippen LogP contribution in [0, 0.1) is 0 Å². The van der Waals surface area contributed by atoms with Crippen molar-refractivity contribution in [3.63, 3.8) is 0 Å². The standard InChI is InChI=1S/C12H19N3O3S/c1-12(18-2)6-4-8-15(9-12)19(16,17)11-10(13)5-3-7-14-11/h3,5,7H,4,6,8-9,13H2,1-2H3. The molecular formula is C12H19N3O3S. The number of piperidine rings is 1. The highest BCUT2D eigenvalue weighted by Crippen LogP contribution is 2.29. The van der Waals surface area contributed by atoms with E-state index in [9.17, 15) is 8.42 Å². The maximum atomic E-state index is 12.5. The van der Waals surface area contributed by atoms with E-state index >= 15 is 0 Å². The van der Waals surface area contributed by atoms with Gasteiger partial charge in [-0.2, -0.15) is 4.31 Å². The molecule has 6 nitrogen and oxygen atoms in total. The van der Waals surface area contributed by atoms with Crippen molar-refractivity contribution in [1.82, 2.24) is 9.29 Å². The number of anilines is 1. The summed E-state index contributed by atoms with van der Waals surface area (Å²) >= 11 is 0. The Morgan fingerprint density at radius 1 is 1.53 bits per heavy atom. The Hall–Kier alpha value is -1.18. The number of rotatable bonds is 3. The Balaban J connectivity index is 2.33. The Kier molecular flexibility index (Phi) is 3.80. The quantitative estimate of drug-likeness (QED) is 0.890. The van der Waals surface area contributed by atoms with Crippen LogP contribution in [0.4, 0.5) is 5.69 Å². The first-order chi connectivity index (χ1) is 8.89. The van der Waals surface area contributed by atoms with E-state index in [1.165, 1.54) is 10.5 Å². The van der Waals surface area contributed by atoms with E-state index in [1.807, 2.05) is 6.92 Å². The number of aromatic nitrogens is 1. The molecule has 2 heterocycles. The molecule has 0 bridgehead atoms. The number of nitrogen functional groups attached to an aromatic ring is 1. The van der Waals surface area contributed by atoms with Crippen molar-refractivity contribution in [3.8, 4) is 0 Å². The predicted octanol–water partition coefficient (Wildman–Crippen LogP) is 0.853. The molecule has 0 aromatic carbocycles. The highest BCUT2D eigenvalue weighted by Gasteiger charge is 2.38. The second kappa shape index (κ2) is 5.07. The zero-order chi connectivity index (χ0) is 14.1. The number of nitrogens with two attached hydrogens (primary N) is 1. The van der Waals surface area contributed by atoms with Crippen molar-refractivity contribution in [2.75, 3.05) is 25.9 Å². The summed E-state index contributed by atoms with van der Waals surface area (Å²) in [7, 11) is -2.05. The molecule has 0 radical (unpaired) electrons. The number of nitrogens with zero attached hydrogens (tertiary/aromatic N) is 2. The molecule has 19 heavy (non-hydrogen) atoms. The molecule has 0 amide bonds. The van der Waals surface area contributed by atoms with Crippen molar-refractivity contribution < 1.29 is 13.2 Å². The van der Waals surface area contributed by atoms with Crippen LogP contribution >= 0.6 is 0 Å². The summed E-state index contributed by atoms with van der Waals surface area (Å²) in [5.74, 6) is 0. The van der Waals surface area contributed by atoms with Crippen LogP contribution in [0.5, 0.6) is 0 Å². The Morgan fingerprint density at radius 2 is 2.26 bits per heavy atom. The van der Waals surface area contributed by atoms with Gasteiger partial charge in [-0.25, -0.2) is 13.4 Å². The van der Waals surface area contributed by atoms with E-state index in [4.69, 9.17) is 10.5 Å². The Morgan fingerprint density at radius 3 is 2.89 bits per heavy atom. The number of ether oxygens (including phenoxy) is 1. The highest BCUT2D eigenvalue weighted by molar-refractivity contribution is 7.89. The van der Waals surface area contributed by atoms with Crippen LogP contribution in [0.3, 0.4) is 0 Å². The summed E-state index contributed by atoms with van der Waals surface area (Å²) in [4.78, 5) is 3.90. The smallest absolute Gasteiger partial charge is 0.262 e.